The second-order valence-electron chi connectivity index (χ2n) is 6.83. The van der Waals surface area contributed by atoms with Crippen LogP contribution < -0.4 is 9.80 Å². The molecule has 0 bridgehead atoms. The van der Waals surface area contributed by atoms with Gasteiger partial charge in [-0.2, -0.15) is 0 Å². The maximum Gasteiger partial charge on any atom is 0.0893 e. The molecule has 0 fully saturated rings. The summed E-state index contributed by atoms with van der Waals surface area (Å²) in [5, 5.41) is 11.0. The molecule has 142 valence electrons. The summed E-state index contributed by atoms with van der Waals surface area (Å²) in [7, 11) is 0. The van der Waals surface area contributed by atoms with Crippen molar-refractivity contribution in [3.8, 4) is 0 Å². The number of anilines is 3. The lowest BCUT2D eigenvalue weighted by Gasteiger charge is -2.35. The smallest absolute Gasteiger partial charge is 0.0893 e. The van der Waals surface area contributed by atoms with Crippen LogP contribution in [-0.4, -0.2) is 30.8 Å². The number of hydrogen-bond donors (Lipinski definition) is 1. The number of aliphatic hydroxyl groups is 1. The van der Waals surface area contributed by atoms with Crippen molar-refractivity contribution < 1.29 is 5.11 Å². The highest BCUT2D eigenvalue weighted by Crippen LogP contribution is 2.47. The van der Waals surface area contributed by atoms with Crippen LogP contribution in [-0.2, 0) is 0 Å². The number of nitrogens with zero attached hydrogens (tertiary/aromatic N) is 2. The molecule has 3 nitrogen and oxygen atoms in total. The van der Waals surface area contributed by atoms with Gasteiger partial charge in [0.25, 0.3) is 0 Å². The first-order valence-electron chi connectivity index (χ1n) is 9.48. The molecule has 3 aromatic carbocycles. The van der Waals surface area contributed by atoms with E-state index in [-0.39, 0.29) is 0 Å². The Labute approximate surface area is 170 Å². The summed E-state index contributed by atoms with van der Waals surface area (Å²) in [4.78, 5) is 6.84. The Bertz CT molecular complexity index is 899. The van der Waals surface area contributed by atoms with Crippen molar-refractivity contribution in [1.82, 2.24) is 0 Å². The van der Waals surface area contributed by atoms with Gasteiger partial charge < -0.3 is 14.9 Å². The number of aliphatic hydroxyl groups excluding tert-OH is 1. The lowest BCUT2D eigenvalue weighted by atomic mass is 10.2. The first-order chi connectivity index (χ1) is 13.8. The minimum Gasteiger partial charge on any atom is -0.389 e. The molecule has 0 spiro atoms. The third kappa shape index (κ3) is 3.93. The van der Waals surface area contributed by atoms with E-state index in [1.807, 2.05) is 24.3 Å². The zero-order valence-corrected chi connectivity index (χ0v) is 16.6. The zero-order chi connectivity index (χ0) is 19.3. The molecule has 0 aliphatic carbocycles. The standard InChI is InChI=1S/C24H24N2OS/c1-2-16-25(19-10-4-3-5-11-19)17-20(27)18-26-21-12-6-8-14-23(21)28-24-15-9-7-13-22(24)26/h2-15,20,27H,1,16-18H2. The molecule has 28 heavy (non-hydrogen) atoms. The molecule has 0 radical (unpaired) electrons. The third-order valence-electron chi connectivity index (χ3n) is 4.83. The molecule has 1 aliphatic heterocycles. The van der Waals surface area contributed by atoms with E-state index in [1.54, 1.807) is 11.8 Å². The van der Waals surface area contributed by atoms with Crippen LogP contribution in [0.1, 0.15) is 0 Å². The molecule has 0 amide bonds. The van der Waals surface area contributed by atoms with Crippen LogP contribution >= 0.6 is 11.8 Å². The molecule has 3 aromatic rings. The van der Waals surface area contributed by atoms with E-state index in [9.17, 15) is 5.11 Å². The zero-order valence-electron chi connectivity index (χ0n) is 15.7. The van der Waals surface area contributed by atoms with E-state index in [1.165, 1.54) is 9.79 Å². The average molecular weight is 389 g/mol. The van der Waals surface area contributed by atoms with Gasteiger partial charge >= 0.3 is 0 Å². The first kappa shape index (κ1) is 18.7. The van der Waals surface area contributed by atoms with Gasteiger partial charge in [0.2, 0.25) is 0 Å². The largest absolute Gasteiger partial charge is 0.389 e. The lowest BCUT2D eigenvalue weighted by molar-refractivity contribution is 0.188. The maximum absolute atomic E-state index is 11.0. The fourth-order valence-corrected chi connectivity index (χ4v) is 4.68. The van der Waals surface area contributed by atoms with Crippen molar-refractivity contribution in [3.63, 3.8) is 0 Å². The second kappa shape index (κ2) is 8.55. The normalized spacial score (nSPS) is 13.4. The summed E-state index contributed by atoms with van der Waals surface area (Å²) in [6.07, 6.45) is 1.37. The summed E-state index contributed by atoms with van der Waals surface area (Å²) in [6, 6.07) is 27.0. The molecule has 0 saturated heterocycles. The van der Waals surface area contributed by atoms with Gasteiger partial charge in [0, 0.05) is 28.6 Å². The Morgan fingerprint density at radius 1 is 0.893 bits per heavy atom. The van der Waals surface area contributed by atoms with Crippen molar-refractivity contribution in [2.45, 2.75) is 15.9 Å². The van der Waals surface area contributed by atoms with Gasteiger partial charge in [-0.15, -0.1) is 6.58 Å². The number of benzene rings is 3. The quantitative estimate of drug-likeness (QED) is 0.553. The Morgan fingerprint density at radius 2 is 1.46 bits per heavy atom. The topological polar surface area (TPSA) is 26.7 Å². The van der Waals surface area contributed by atoms with Gasteiger partial charge in [0.05, 0.1) is 24.0 Å². The van der Waals surface area contributed by atoms with Crippen LogP contribution in [0.3, 0.4) is 0 Å². The van der Waals surface area contributed by atoms with Crippen molar-refractivity contribution in [2.24, 2.45) is 0 Å². The van der Waals surface area contributed by atoms with Gasteiger partial charge in [0.15, 0.2) is 0 Å². The summed E-state index contributed by atoms with van der Waals surface area (Å²) >= 11 is 1.79. The fraction of sp³-hybridized carbons (Fsp3) is 0.167. The predicted octanol–water partition coefficient (Wildman–Crippen LogP) is 5.34. The summed E-state index contributed by atoms with van der Waals surface area (Å²) in [5.41, 5.74) is 3.40. The van der Waals surface area contributed by atoms with Gasteiger partial charge in [-0.25, -0.2) is 0 Å². The van der Waals surface area contributed by atoms with Crippen molar-refractivity contribution in [3.05, 3.63) is 91.5 Å². The molecule has 1 N–H and O–H groups in total. The van der Waals surface area contributed by atoms with Gasteiger partial charge in [-0.3, -0.25) is 0 Å². The second-order valence-corrected chi connectivity index (χ2v) is 7.91. The lowest BCUT2D eigenvalue weighted by Crippen LogP contribution is -2.39. The first-order valence-corrected chi connectivity index (χ1v) is 10.3. The molecular weight excluding hydrogens is 364 g/mol. The van der Waals surface area contributed by atoms with E-state index in [4.69, 9.17) is 0 Å². The summed E-state index contributed by atoms with van der Waals surface area (Å²) in [5.74, 6) is 0. The fourth-order valence-electron chi connectivity index (χ4n) is 3.58. The molecule has 4 heteroatoms. The van der Waals surface area contributed by atoms with E-state index < -0.39 is 6.10 Å². The van der Waals surface area contributed by atoms with Crippen LogP contribution in [0.5, 0.6) is 0 Å². The number of β-amino-alcohol motifs (C(OH)–C–C–N with tert-alkyl or cyclic N) is 1. The monoisotopic (exact) mass is 388 g/mol. The number of para-hydroxylation sites is 3. The average Bonchev–Trinajstić information content (AvgIpc) is 2.74. The number of rotatable bonds is 7. The highest BCUT2D eigenvalue weighted by atomic mass is 32.2. The molecule has 1 unspecified atom stereocenters. The van der Waals surface area contributed by atoms with Crippen LogP contribution in [0.25, 0.3) is 0 Å². The summed E-state index contributed by atoms with van der Waals surface area (Å²) < 4.78 is 0. The third-order valence-corrected chi connectivity index (χ3v) is 5.96. The van der Waals surface area contributed by atoms with E-state index in [0.29, 0.717) is 19.6 Å². The van der Waals surface area contributed by atoms with Crippen molar-refractivity contribution in [2.75, 3.05) is 29.4 Å². The molecular formula is C24H24N2OS. The maximum atomic E-state index is 11.0. The molecule has 4 rings (SSSR count). The van der Waals surface area contributed by atoms with Crippen LogP contribution in [0.15, 0.2) is 101 Å². The van der Waals surface area contributed by atoms with Gasteiger partial charge in [-0.05, 0) is 36.4 Å². The van der Waals surface area contributed by atoms with Crippen molar-refractivity contribution in [1.29, 1.82) is 0 Å². The van der Waals surface area contributed by atoms with E-state index in [2.05, 4.69) is 77.0 Å². The molecule has 1 aliphatic rings. The highest BCUT2D eigenvalue weighted by Gasteiger charge is 2.25. The Balaban J connectivity index is 1.57. The van der Waals surface area contributed by atoms with Crippen LogP contribution in [0, 0.1) is 0 Å². The Kier molecular flexibility index (Phi) is 5.70. The summed E-state index contributed by atoms with van der Waals surface area (Å²) in [6.45, 7) is 5.65. The minimum atomic E-state index is -0.510. The van der Waals surface area contributed by atoms with Crippen LogP contribution in [0.2, 0.25) is 0 Å². The minimum absolute atomic E-state index is 0.510. The SMILES string of the molecule is C=CCN(CC(O)CN1c2ccccc2Sc2ccccc21)c1ccccc1. The van der Waals surface area contributed by atoms with Gasteiger partial charge in [0.1, 0.15) is 0 Å². The van der Waals surface area contributed by atoms with Crippen LogP contribution in [0.4, 0.5) is 17.1 Å². The molecule has 1 heterocycles. The molecule has 0 saturated carbocycles. The number of hydrogen-bond acceptors (Lipinski definition) is 4. The Hall–Kier alpha value is -2.69. The predicted molar refractivity (Wildman–Crippen MR) is 119 cm³/mol. The van der Waals surface area contributed by atoms with E-state index in [0.717, 1.165) is 17.1 Å². The van der Waals surface area contributed by atoms with Gasteiger partial charge in [-0.1, -0.05) is 60.3 Å². The molecule has 1 atom stereocenters. The molecule has 0 aromatic heterocycles. The van der Waals surface area contributed by atoms with E-state index >= 15 is 0 Å². The number of fused-ring (bicyclic) bond motifs is 2. The highest BCUT2D eigenvalue weighted by molar-refractivity contribution is 7.99. The van der Waals surface area contributed by atoms with Crippen molar-refractivity contribution >= 4 is 28.8 Å². The Morgan fingerprint density at radius 3 is 2.07 bits per heavy atom.